The predicted octanol–water partition coefficient (Wildman–Crippen LogP) is 0.281. The molecule has 2 amide bonds. The van der Waals surface area contributed by atoms with Crippen molar-refractivity contribution >= 4 is 23.6 Å². The summed E-state index contributed by atoms with van der Waals surface area (Å²) in [7, 11) is 3.44. The molecule has 3 heterocycles. The van der Waals surface area contributed by atoms with Crippen LogP contribution in [-0.4, -0.2) is 82.2 Å². The second-order valence-electron chi connectivity index (χ2n) is 6.21. The Bertz CT molecular complexity index is 590. The van der Waals surface area contributed by atoms with Crippen molar-refractivity contribution in [3.8, 4) is 0 Å². The molecule has 1 spiro atoms. The van der Waals surface area contributed by atoms with Crippen LogP contribution in [0.5, 0.6) is 0 Å². The number of likely N-dealkylation sites (N-methyl/N-ethyl adjacent to an activating group) is 1. The lowest BCUT2D eigenvalue weighted by Gasteiger charge is -2.47. The van der Waals surface area contributed by atoms with Crippen molar-refractivity contribution in [1.29, 1.82) is 0 Å². The second-order valence-corrected chi connectivity index (χ2v) is 7.70. The van der Waals surface area contributed by atoms with Gasteiger partial charge in [0, 0.05) is 32.9 Å². The highest BCUT2D eigenvalue weighted by molar-refractivity contribution is 8.01. The number of ether oxygens (including phenoxy) is 1. The van der Waals surface area contributed by atoms with Crippen LogP contribution in [0.3, 0.4) is 0 Å². The zero-order chi connectivity index (χ0) is 16.4. The topological polar surface area (TPSA) is 75.6 Å². The molecule has 0 N–H and O–H groups in total. The number of hydrogen-bond donors (Lipinski definition) is 0. The van der Waals surface area contributed by atoms with Gasteiger partial charge < -0.3 is 14.5 Å². The fraction of sp³-hybridized carbons (Fsp3) is 0.600. The molecule has 1 aromatic rings. The Labute approximate surface area is 139 Å². The molecular weight excluding hydrogens is 316 g/mol. The van der Waals surface area contributed by atoms with E-state index in [1.54, 1.807) is 20.2 Å². The van der Waals surface area contributed by atoms with Crippen molar-refractivity contribution in [2.45, 2.75) is 17.3 Å². The van der Waals surface area contributed by atoms with Crippen molar-refractivity contribution in [1.82, 2.24) is 20.0 Å². The van der Waals surface area contributed by atoms with E-state index in [1.807, 2.05) is 16.7 Å². The van der Waals surface area contributed by atoms with Gasteiger partial charge in [0.25, 0.3) is 5.91 Å². The van der Waals surface area contributed by atoms with Crippen LogP contribution in [0.1, 0.15) is 16.8 Å². The van der Waals surface area contributed by atoms with E-state index in [0.29, 0.717) is 5.56 Å². The number of likely N-dealkylation sites (tertiary alicyclic amines) is 1. The molecular formula is C15H20N4O3S. The first kappa shape index (κ1) is 16.2. The van der Waals surface area contributed by atoms with Crippen molar-refractivity contribution in [3.63, 3.8) is 0 Å². The molecule has 1 aromatic heterocycles. The summed E-state index contributed by atoms with van der Waals surface area (Å²) in [4.78, 5) is 27.2. The molecule has 2 aliphatic heterocycles. The molecule has 0 aromatic carbocycles. The maximum atomic E-state index is 12.3. The monoisotopic (exact) mass is 336 g/mol. The van der Waals surface area contributed by atoms with Gasteiger partial charge in [0.05, 0.1) is 28.8 Å². The van der Waals surface area contributed by atoms with Crippen LogP contribution < -0.4 is 0 Å². The Morgan fingerprint density at radius 1 is 1.43 bits per heavy atom. The van der Waals surface area contributed by atoms with E-state index in [0.717, 1.165) is 25.3 Å². The second kappa shape index (κ2) is 6.45. The number of thioether (sulfide) groups is 1. The highest BCUT2D eigenvalue weighted by Gasteiger charge is 2.51. The molecule has 8 heteroatoms. The SMILES string of the molecule is CN(C)C(=O)CO[C@H]1CSC2(C1)CN(C(=O)c1ccnnc1)C2. The summed E-state index contributed by atoms with van der Waals surface area (Å²) in [5.41, 5.74) is 0.572. The first-order valence-electron chi connectivity index (χ1n) is 7.51. The molecule has 2 saturated heterocycles. The molecule has 1 atom stereocenters. The fourth-order valence-corrected chi connectivity index (χ4v) is 4.39. The molecule has 3 rings (SSSR count). The summed E-state index contributed by atoms with van der Waals surface area (Å²) in [5, 5.41) is 7.43. The average Bonchev–Trinajstić information content (AvgIpc) is 2.96. The molecule has 124 valence electrons. The van der Waals surface area contributed by atoms with Gasteiger partial charge in [-0.05, 0) is 12.5 Å². The Morgan fingerprint density at radius 2 is 2.22 bits per heavy atom. The third-order valence-electron chi connectivity index (χ3n) is 4.19. The van der Waals surface area contributed by atoms with Crippen LogP contribution in [0, 0.1) is 0 Å². The van der Waals surface area contributed by atoms with E-state index in [-0.39, 0.29) is 29.3 Å². The Morgan fingerprint density at radius 3 is 2.87 bits per heavy atom. The minimum Gasteiger partial charge on any atom is -0.367 e. The van der Waals surface area contributed by atoms with E-state index < -0.39 is 0 Å². The highest BCUT2D eigenvalue weighted by Crippen LogP contribution is 2.46. The van der Waals surface area contributed by atoms with Gasteiger partial charge in [-0.3, -0.25) is 9.59 Å². The number of aromatic nitrogens is 2. The number of amides is 2. The summed E-state index contributed by atoms with van der Waals surface area (Å²) in [6.45, 7) is 1.57. The Kier molecular flexibility index (Phi) is 4.54. The smallest absolute Gasteiger partial charge is 0.255 e. The zero-order valence-corrected chi connectivity index (χ0v) is 14.1. The first-order chi connectivity index (χ1) is 11.0. The zero-order valence-electron chi connectivity index (χ0n) is 13.3. The largest absolute Gasteiger partial charge is 0.367 e. The van der Waals surface area contributed by atoms with Crippen LogP contribution >= 0.6 is 11.8 Å². The number of carbonyl (C=O) groups excluding carboxylic acids is 2. The molecule has 0 aliphatic carbocycles. The van der Waals surface area contributed by atoms with E-state index in [9.17, 15) is 9.59 Å². The molecule has 2 aliphatic rings. The fourth-order valence-electron chi connectivity index (χ4n) is 2.84. The maximum absolute atomic E-state index is 12.3. The summed E-state index contributed by atoms with van der Waals surface area (Å²) < 4.78 is 5.79. The van der Waals surface area contributed by atoms with Crippen LogP contribution in [0.2, 0.25) is 0 Å². The minimum atomic E-state index is -0.0217. The standard InChI is InChI=1S/C15H20N4O3S/c1-18(2)13(20)7-22-12-5-15(23-8-12)9-19(10-15)14(21)11-3-4-16-17-6-11/h3-4,6,12H,5,7-10H2,1-2H3/t12-/m1/s1. The van der Waals surface area contributed by atoms with Gasteiger partial charge in [0.2, 0.25) is 5.91 Å². The molecule has 23 heavy (non-hydrogen) atoms. The Hall–Kier alpha value is -1.67. The number of nitrogens with zero attached hydrogens (tertiary/aromatic N) is 4. The summed E-state index contributed by atoms with van der Waals surface area (Å²) in [5.74, 6) is 0.851. The van der Waals surface area contributed by atoms with Crippen molar-refractivity contribution < 1.29 is 14.3 Å². The number of hydrogen-bond acceptors (Lipinski definition) is 6. The van der Waals surface area contributed by atoms with Crippen molar-refractivity contribution in [3.05, 3.63) is 24.0 Å². The highest BCUT2D eigenvalue weighted by atomic mass is 32.2. The Balaban J connectivity index is 1.47. The molecule has 0 radical (unpaired) electrons. The quantitative estimate of drug-likeness (QED) is 0.786. The summed E-state index contributed by atoms with van der Waals surface area (Å²) in [6, 6.07) is 1.68. The third-order valence-corrected chi connectivity index (χ3v) is 5.77. The van der Waals surface area contributed by atoms with Crippen molar-refractivity contribution in [2.75, 3.05) is 39.5 Å². The lowest BCUT2D eigenvalue weighted by atomic mass is 9.92. The van der Waals surface area contributed by atoms with Crippen LogP contribution in [0.4, 0.5) is 0 Å². The number of rotatable bonds is 4. The van der Waals surface area contributed by atoms with E-state index >= 15 is 0 Å². The van der Waals surface area contributed by atoms with Gasteiger partial charge in [-0.25, -0.2) is 0 Å². The van der Waals surface area contributed by atoms with E-state index in [1.165, 1.54) is 17.3 Å². The lowest BCUT2D eigenvalue weighted by Crippen LogP contribution is -2.60. The molecule has 0 saturated carbocycles. The predicted molar refractivity (Wildman–Crippen MR) is 86.2 cm³/mol. The molecule has 2 fully saturated rings. The van der Waals surface area contributed by atoms with Gasteiger partial charge in [0.1, 0.15) is 6.61 Å². The van der Waals surface area contributed by atoms with Gasteiger partial charge in [0.15, 0.2) is 0 Å². The van der Waals surface area contributed by atoms with Crippen LogP contribution in [0.15, 0.2) is 18.5 Å². The molecule has 7 nitrogen and oxygen atoms in total. The van der Waals surface area contributed by atoms with Gasteiger partial charge in [-0.15, -0.1) is 11.8 Å². The summed E-state index contributed by atoms with van der Waals surface area (Å²) >= 11 is 1.84. The first-order valence-corrected chi connectivity index (χ1v) is 8.49. The normalized spacial score (nSPS) is 22.0. The maximum Gasteiger partial charge on any atom is 0.255 e. The lowest BCUT2D eigenvalue weighted by molar-refractivity contribution is -0.135. The van der Waals surface area contributed by atoms with E-state index in [4.69, 9.17) is 4.74 Å². The van der Waals surface area contributed by atoms with Gasteiger partial charge in [-0.1, -0.05) is 0 Å². The number of carbonyl (C=O) groups is 2. The molecule has 0 bridgehead atoms. The average molecular weight is 336 g/mol. The van der Waals surface area contributed by atoms with Crippen LogP contribution in [0.25, 0.3) is 0 Å². The van der Waals surface area contributed by atoms with Crippen molar-refractivity contribution in [2.24, 2.45) is 0 Å². The third kappa shape index (κ3) is 3.48. The van der Waals surface area contributed by atoms with Gasteiger partial charge in [-0.2, -0.15) is 10.2 Å². The van der Waals surface area contributed by atoms with E-state index in [2.05, 4.69) is 10.2 Å². The summed E-state index contributed by atoms with van der Waals surface area (Å²) in [6.07, 6.45) is 3.99. The molecule has 0 unspecified atom stereocenters. The van der Waals surface area contributed by atoms with Gasteiger partial charge >= 0.3 is 0 Å². The minimum absolute atomic E-state index is 0.00159. The van der Waals surface area contributed by atoms with Crippen LogP contribution in [-0.2, 0) is 9.53 Å².